The number of halogens is 3. The minimum Gasteiger partial charge on any atom is -0.365 e. The van der Waals surface area contributed by atoms with E-state index in [-0.39, 0.29) is 35.7 Å². The summed E-state index contributed by atoms with van der Waals surface area (Å²) in [6.07, 6.45) is 1.74. The first-order valence-electron chi connectivity index (χ1n) is 8.34. The standard InChI is InChI=1S/C18H22F2N4S.HI/c1-21-18(22-8-5-13-7-10-25-12-13)23-14-6-9-24(11-14)17-15(19)3-2-4-16(17)20;/h2-4,7,10,12,14H,5-6,8-9,11H2,1H3,(H2,21,22,23);1H. The van der Waals surface area contributed by atoms with Gasteiger partial charge in [0.25, 0.3) is 0 Å². The van der Waals surface area contributed by atoms with Gasteiger partial charge >= 0.3 is 0 Å². The molecular weight excluding hydrogens is 469 g/mol. The average molecular weight is 492 g/mol. The maximum Gasteiger partial charge on any atom is 0.191 e. The molecule has 1 aliphatic rings. The topological polar surface area (TPSA) is 39.7 Å². The van der Waals surface area contributed by atoms with E-state index < -0.39 is 11.6 Å². The van der Waals surface area contributed by atoms with Crippen molar-refractivity contribution in [1.29, 1.82) is 0 Å². The summed E-state index contributed by atoms with van der Waals surface area (Å²) >= 11 is 1.69. The second-order valence-corrected chi connectivity index (χ2v) is 6.81. The highest BCUT2D eigenvalue weighted by Crippen LogP contribution is 2.26. The molecule has 2 aromatic rings. The molecule has 0 spiro atoms. The predicted octanol–water partition coefficient (Wildman–Crippen LogP) is 3.63. The molecule has 0 saturated carbocycles. The molecule has 2 N–H and O–H groups in total. The monoisotopic (exact) mass is 492 g/mol. The van der Waals surface area contributed by atoms with E-state index >= 15 is 0 Å². The third kappa shape index (κ3) is 5.29. The zero-order chi connectivity index (χ0) is 17.6. The van der Waals surface area contributed by atoms with Crippen LogP contribution >= 0.6 is 35.3 Å². The molecule has 1 fully saturated rings. The van der Waals surface area contributed by atoms with Crippen molar-refractivity contribution in [2.45, 2.75) is 18.9 Å². The number of guanidine groups is 1. The van der Waals surface area contributed by atoms with Crippen molar-refractivity contribution in [3.63, 3.8) is 0 Å². The molecular formula is C18H23F2IN4S. The van der Waals surface area contributed by atoms with Gasteiger partial charge in [-0.2, -0.15) is 11.3 Å². The Morgan fingerprint density at radius 1 is 1.31 bits per heavy atom. The number of hydrogen-bond acceptors (Lipinski definition) is 3. The fraction of sp³-hybridized carbons (Fsp3) is 0.389. The van der Waals surface area contributed by atoms with Crippen LogP contribution in [-0.2, 0) is 6.42 Å². The predicted molar refractivity (Wildman–Crippen MR) is 115 cm³/mol. The first-order valence-corrected chi connectivity index (χ1v) is 9.29. The summed E-state index contributed by atoms with van der Waals surface area (Å²) in [6.45, 7) is 1.94. The molecule has 3 rings (SSSR count). The highest BCUT2D eigenvalue weighted by Gasteiger charge is 2.27. The van der Waals surface area contributed by atoms with Gasteiger partial charge in [-0.1, -0.05) is 6.07 Å². The summed E-state index contributed by atoms with van der Waals surface area (Å²) in [4.78, 5) is 5.98. The Morgan fingerprint density at radius 2 is 2.08 bits per heavy atom. The highest BCUT2D eigenvalue weighted by molar-refractivity contribution is 14.0. The molecule has 2 heterocycles. The quantitative estimate of drug-likeness (QED) is 0.381. The Hall–Kier alpha value is -1.42. The molecule has 0 aliphatic carbocycles. The van der Waals surface area contributed by atoms with E-state index in [1.165, 1.54) is 23.8 Å². The number of anilines is 1. The summed E-state index contributed by atoms with van der Waals surface area (Å²) in [5.74, 6) is -0.311. The van der Waals surface area contributed by atoms with Gasteiger partial charge in [-0.15, -0.1) is 24.0 Å². The van der Waals surface area contributed by atoms with Crippen LogP contribution in [0.2, 0.25) is 0 Å². The summed E-state index contributed by atoms with van der Waals surface area (Å²) in [7, 11) is 1.73. The van der Waals surface area contributed by atoms with Crippen molar-refractivity contribution in [3.8, 4) is 0 Å². The van der Waals surface area contributed by atoms with Crippen LogP contribution < -0.4 is 15.5 Å². The summed E-state index contributed by atoms with van der Waals surface area (Å²) in [5.41, 5.74) is 1.36. The van der Waals surface area contributed by atoms with Crippen LogP contribution in [-0.4, -0.2) is 38.7 Å². The lowest BCUT2D eigenvalue weighted by Crippen LogP contribution is -2.45. The lowest BCUT2D eigenvalue weighted by molar-refractivity contribution is 0.576. The number of hydrogen-bond donors (Lipinski definition) is 2. The van der Waals surface area contributed by atoms with Crippen LogP contribution in [0.1, 0.15) is 12.0 Å². The molecule has 142 valence electrons. The van der Waals surface area contributed by atoms with E-state index in [2.05, 4.69) is 32.5 Å². The van der Waals surface area contributed by atoms with Gasteiger partial charge in [0.05, 0.1) is 0 Å². The van der Waals surface area contributed by atoms with E-state index in [9.17, 15) is 8.78 Å². The number of thiophene rings is 1. The molecule has 1 unspecified atom stereocenters. The molecule has 1 atom stereocenters. The molecule has 4 nitrogen and oxygen atoms in total. The summed E-state index contributed by atoms with van der Waals surface area (Å²) in [5, 5.41) is 10.8. The maximum absolute atomic E-state index is 13.9. The third-order valence-electron chi connectivity index (χ3n) is 4.29. The largest absolute Gasteiger partial charge is 0.365 e. The van der Waals surface area contributed by atoms with Gasteiger partial charge < -0.3 is 15.5 Å². The normalized spacial score (nSPS) is 17.1. The Balaban J connectivity index is 0.00000243. The highest BCUT2D eigenvalue weighted by atomic mass is 127. The second kappa shape index (κ2) is 10.1. The molecule has 1 saturated heterocycles. The molecule has 1 aromatic carbocycles. The Morgan fingerprint density at radius 3 is 2.73 bits per heavy atom. The van der Waals surface area contributed by atoms with Crippen molar-refractivity contribution in [1.82, 2.24) is 10.6 Å². The zero-order valence-electron chi connectivity index (χ0n) is 14.5. The maximum atomic E-state index is 13.9. The van der Waals surface area contributed by atoms with Crippen LogP contribution in [0.5, 0.6) is 0 Å². The third-order valence-corrected chi connectivity index (χ3v) is 5.02. The Labute approximate surface area is 173 Å². The molecule has 26 heavy (non-hydrogen) atoms. The number of nitrogens with one attached hydrogen (secondary N) is 2. The van der Waals surface area contributed by atoms with Gasteiger partial charge in [-0.25, -0.2) is 8.78 Å². The van der Waals surface area contributed by atoms with Crippen molar-refractivity contribution < 1.29 is 8.78 Å². The number of rotatable bonds is 5. The lowest BCUT2D eigenvalue weighted by Gasteiger charge is -2.21. The van der Waals surface area contributed by atoms with E-state index in [4.69, 9.17) is 0 Å². The smallest absolute Gasteiger partial charge is 0.191 e. The fourth-order valence-corrected chi connectivity index (χ4v) is 3.72. The fourth-order valence-electron chi connectivity index (χ4n) is 3.02. The van der Waals surface area contributed by atoms with Crippen molar-refractivity contribution in [2.75, 3.05) is 31.6 Å². The molecule has 1 aliphatic heterocycles. The zero-order valence-corrected chi connectivity index (χ0v) is 17.7. The lowest BCUT2D eigenvalue weighted by atomic mass is 10.2. The van der Waals surface area contributed by atoms with Gasteiger partial charge in [-0.05, 0) is 47.4 Å². The first kappa shape index (κ1) is 20.9. The average Bonchev–Trinajstić information content (AvgIpc) is 3.26. The van der Waals surface area contributed by atoms with Crippen LogP contribution in [0.3, 0.4) is 0 Å². The minimum atomic E-state index is -0.515. The molecule has 0 amide bonds. The summed E-state index contributed by atoms with van der Waals surface area (Å²) < 4.78 is 27.8. The van der Waals surface area contributed by atoms with Gasteiger partial charge in [0.15, 0.2) is 5.96 Å². The Kier molecular flexibility index (Phi) is 8.08. The Bertz CT molecular complexity index is 704. The van der Waals surface area contributed by atoms with E-state index in [0.717, 1.165) is 25.3 Å². The number of benzene rings is 1. The number of aliphatic imine (C=N–C) groups is 1. The van der Waals surface area contributed by atoms with Crippen LogP contribution in [0, 0.1) is 11.6 Å². The van der Waals surface area contributed by atoms with E-state index in [1.807, 2.05) is 0 Å². The van der Waals surface area contributed by atoms with Crippen LogP contribution in [0.4, 0.5) is 14.5 Å². The van der Waals surface area contributed by atoms with Crippen LogP contribution in [0.25, 0.3) is 0 Å². The molecule has 0 radical (unpaired) electrons. The molecule has 0 bridgehead atoms. The van der Waals surface area contributed by atoms with E-state index in [0.29, 0.717) is 13.1 Å². The summed E-state index contributed by atoms with van der Waals surface area (Å²) in [6, 6.07) is 6.19. The van der Waals surface area contributed by atoms with Crippen LogP contribution in [0.15, 0.2) is 40.0 Å². The number of nitrogens with zero attached hydrogens (tertiary/aromatic N) is 2. The molecule has 8 heteroatoms. The second-order valence-electron chi connectivity index (χ2n) is 6.03. The van der Waals surface area contributed by atoms with Gasteiger partial charge in [-0.3, -0.25) is 4.99 Å². The van der Waals surface area contributed by atoms with Crippen molar-refractivity contribution in [3.05, 3.63) is 52.2 Å². The first-order chi connectivity index (χ1) is 12.2. The van der Waals surface area contributed by atoms with Crippen molar-refractivity contribution >= 4 is 47.0 Å². The SMILES string of the molecule is CN=C(NCCc1ccsc1)NC1CCN(c2c(F)cccc2F)C1.I. The van der Waals surface area contributed by atoms with Gasteiger partial charge in [0.1, 0.15) is 17.3 Å². The van der Waals surface area contributed by atoms with Gasteiger partial charge in [0, 0.05) is 32.7 Å². The molecule has 1 aromatic heterocycles. The number of para-hydroxylation sites is 1. The van der Waals surface area contributed by atoms with Gasteiger partial charge in [0.2, 0.25) is 0 Å². The van der Waals surface area contributed by atoms with E-state index in [1.54, 1.807) is 23.3 Å². The minimum absolute atomic E-state index is 0. The van der Waals surface area contributed by atoms with Crippen molar-refractivity contribution in [2.24, 2.45) is 4.99 Å².